The molecule has 3 nitrogen and oxygen atoms in total. The van der Waals surface area contributed by atoms with Crippen LogP contribution in [-0.4, -0.2) is 19.0 Å². The summed E-state index contributed by atoms with van der Waals surface area (Å²) in [5.74, 6) is 0.874. The van der Waals surface area contributed by atoms with Gasteiger partial charge >= 0.3 is 0 Å². The molecule has 21 heavy (non-hydrogen) atoms. The normalized spacial score (nSPS) is 16.9. The van der Waals surface area contributed by atoms with Gasteiger partial charge in [0.25, 0.3) is 0 Å². The first kappa shape index (κ1) is 18.5. The van der Waals surface area contributed by atoms with E-state index in [0.29, 0.717) is 12.3 Å². The first-order valence-electron chi connectivity index (χ1n) is 7.40. The van der Waals surface area contributed by atoms with Crippen LogP contribution in [0.4, 0.5) is 0 Å². The molecule has 0 saturated carbocycles. The van der Waals surface area contributed by atoms with Gasteiger partial charge in [0, 0.05) is 10.9 Å². The molecule has 118 valence electrons. The maximum absolute atomic E-state index is 12.0. The summed E-state index contributed by atoms with van der Waals surface area (Å²) >= 11 is 3.46. The largest absolute Gasteiger partial charge is 0.350 e. The minimum Gasteiger partial charge on any atom is -0.350 e. The lowest BCUT2D eigenvalue weighted by Gasteiger charge is -2.22. The monoisotopic (exact) mass is 374 g/mol. The third-order valence-electron chi connectivity index (χ3n) is 3.96. The predicted molar refractivity (Wildman–Crippen MR) is 92.8 cm³/mol. The minimum atomic E-state index is 0. The van der Waals surface area contributed by atoms with Crippen molar-refractivity contribution >= 4 is 34.2 Å². The first-order chi connectivity index (χ1) is 9.65. The Morgan fingerprint density at radius 2 is 2.14 bits per heavy atom. The molecule has 1 amide bonds. The SMILES string of the molecule is CC(NC(=O)CCC1CCNCC1)c1cccc(Br)c1.Cl. The Labute approximate surface area is 141 Å². The number of rotatable bonds is 5. The summed E-state index contributed by atoms with van der Waals surface area (Å²) in [4.78, 5) is 12.0. The van der Waals surface area contributed by atoms with E-state index in [2.05, 4.69) is 32.6 Å². The average molecular weight is 376 g/mol. The third kappa shape index (κ3) is 6.37. The Hall–Kier alpha value is -0.580. The molecule has 1 aliphatic rings. The van der Waals surface area contributed by atoms with Crippen LogP contribution < -0.4 is 10.6 Å². The van der Waals surface area contributed by atoms with Crippen LogP contribution in [0.5, 0.6) is 0 Å². The number of benzene rings is 1. The van der Waals surface area contributed by atoms with E-state index in [0.717, 1.165) is 29.5 Å². The van der Waals surface area contributed by atoms with Gasteiger partial charge in [0.1, 0.15) is 0 Å². The van der Waals surface area contributed by atoms with E-state index < -0.39 is 0 Å². The highest BCUT2D eigenvalue weighted by atomic mass is 79.9. The zero-order chi connectivity index (χ0) is 14.4. The van der Waals surface area contributed by atoms with Crippen molar-refractivity contribution in [1.29, 1.82) is 0 Å². The molecule has 0 bridgehead atoms. The summed E-state index contributed by atoms with van der Waals surface area (Å²) in [6.45, 7) is 4.23. The van der Waals surface area contributed by atoms with Gasteiger partial charge in [0.15, 0.2) is 0 Å². The van der Waals surface area contributed by atoms with Crippen LogP contribution in [0.1, 0.15) is 44.2 Å². The third-order valence-corrected chi connectivity index (χ3v) is 4.46. The summed E-state index contributed by atoms with van der Waals surface area (Å²) < 4.78 is 1.05. The van der Waals surface area contributed by atoms with Gasteiger partial charge in [-0.05, 0) is 62.9 Å². The number of carbonyl (C=O) groups is 1. The molecule has 1 aliphatic heterocycles. The number of amides is 1. The molecule has 1 heterocycles. The molecule has 2 rings (SSSR count). The van der Waals surface area contributed by atoms with Crippen LogP contribution in [0.3, 0.4) is 0 Å². The van der Waals surface area contributed by atoms with Gasteiger partial charge in [-0.2, -0.15) is 0 Å². The van der Waals surface area contributed by atoms with Crippen molar-refractivity contribution in [1.82, 2.24) is 10.6 Å². The standard InChI is InChI=1S/C16H23BrN2O.ClH/c1-12(14-3-2-4-15(17)11-14)19-16(20)6-5-13-7-9-18-10-8-13;/h2-4,11-13,18H,5-10H2,1H3,(H,19,20);1H. The molecule has 1 atom stereocenters. The number of piperidine rings is 1. The Kier molecular flexibility index (Phi) is 8.30. The van der Waals surface area contributed by atoms with Crippen LogP contribution >= 0.6 is 28.3 Å². The molecule has 1 fully saturated rings. The van der Waals surface area contributed by atoms with E-state index in [9.17, 15) is 4.79 Å². The van der Waals surface area contributed by atoms with Crippen molar-refractivity contribution in [3.8, 4) is 0 Å². The van der Waals surface area contributed by atoms with Gasteiger partial charge in [-0.15, -0.1) is 12.4 Å². The molecular formula is C16H24BrClN2O. The second-order valence-electron chi connectivity index (χ2n) is 5.58. The Balaban J connectivity index is 0.00000220. The maximum Gasteiger partial charge on any atom is 0.220 e. The summed E-state index contributed by atoms with van der Waals surface area (Å²) in [5, 5.41) is 6.44. The molecule has 1 unspecified atom stereocenters. The lowest BCUT2D eigenvalue weighted by molar-refractivity contribution is -0.122. The molecule has 2 N–H and O–H groups in total. The zero-order valence-electron chi connectivity index (χ0n) is 12.4. The lowest BCUT2D eigenvalue weighted by atomic mass is 9.93. The van der Waals surface area contributed by atoms with Crippen LogP contribution in [0.2, 0.25) is 0 Å². The second-order valence-corrected chi connectivity index (χ2v) is 6.49. The van der Waals surface area contributed by atoms with Crippen molar-refractivity contribution in [3.05, 3.63) is 34.3 Å². The fourth-order valence-electron chi connectivity index (χ4n) is 2.68. The van der Waals surface area contributed by atoms with Crippen molar-refractivity contribution in [3.63, 3.8) is 0 Å². The van der Waals surface area contributed by atoms with Gasteiger partial charge in [-0.1, -0.05) is 28.1 Å². The highest BCUT2D eigenvalue weighted by molar-refractivity contribution is 9.10. The number of halogens is 2. The summed E-state index contributed by atoms with van der Waals surface area (Å²) in [5.41, 5.74) is 1.13. The van der Waals surface area contributed by atoms with E-state index in [4.69, 9.17) is 0 Å². The summed E-state index contributed by atoms with van der Waals surface area (Å²) in [6.07, 6.45) is 4.06. The maximum atomic E-state index is 12.0. The van der Waals surface area contributed by atoms with Gasteiger partial charge in [-0.3, -0.25) is 4.79 Å². The molecule has 0 aromatic heterocycles. The number of hydrogen-bond acceptors (Lipinski definition) is 2. The Morgan fingerprint density at radius 1 is 1.43 bits per heavy atom. The molecule has 0 spiro atoms. The second kappa shape index (κ2) is 9.44. The Bertz CT molecular complexity index is 450. The van der Waals surface area contributed by atoms with Crippen molar-refractivity contribution in [2.75, 3.05) is 13.1 Å². The van der Waals surface area contributed by atoms with E-state index in [1.165, 1.54) is 12.8 Å². The lowest BCUT2D eigenvalue weighted by Crippen LogP contribution is -2.30. The summed E-state index contributed by atoms with van der Waals surface area (Å²) in [6, 6.07) is 8.15. The molecule has 1 aromatic carbocycles. The smallest absolute Gasteiger partial charge is 0.220 e. The highest BCUT2D eigenvalue weighted by Gasteiger charge is 2.15. The molecule has 1 aromatic rings. The number of nitrogens with one attached hydrogen (secondary N) is 2. The quantitative estimate of drug-likeness (QED) is 0.821. The average Bonchev–Trinajstić information content (AvgIpc) is 2.46. The van der Waals surface area contributed by atoms with E-state index >= 15 is 0 Å². The fraction of sp³-hybridized carbons (Fsp3) is 0.562. The topological polar surface area (TPSA) is 41.1 Å². The van der Waals surface area contributed by atoms with E-state index in [1.807, 2.05) is 25.1 Å². The van der Waals surface area contributed by atoms with Crippen LogP contribution in [0.15, 0.2) is 28.7 Å². The van der Waals surface area contributed by atoms with Crippen molar-refractivity contribution in [2.24, 2.45) is 5.92 Å². The first-order valence-corrected chi connectivity index (χ1v) is 8.20. The van der Waals surface area contributed by atoms with Crippen LogP contribution in [0.25, 0.3) is 0 Å². The van der Waals surface area contributed by atoms with Gasteiger partial charge in [0.05, 0.1) is 6.04 Å². The highest BCUT2D eigenvalue weighted by Crippen LogP contribution is 2.20. The van der Waals surface area contributed by atoms with Gasteiger partial charge in [-0.25, -0.2) is 0 Å². The fourth-order valence-corrected chi connectivity index (χ4v) is 3.10. The number of hydrogen-bond donors (Lipinski definition) is 2. The minimum absolute atomic E-state index is 0. The van der Waals surface area contributed by atoms with E-state index in [-0.39, 0.29) is 24.4 Å². The van der Waals surface area contributed by atoms with Crippen molar-refractivity contribution < 1.29 is 4.79 Å². The van der Waals surface area contributed by atoms with E-state index in [1.54, 1.807) is 0 Å². The summed E-state index contributed by atoms with van der Waals surface area (Å²) in [7, 11) is 0. The molecule has 5 heteroatoms. The van der Waals surface area contributed by atoms with Crippen LogP contribution in [-0.2, 0) is 4.79 Å². The van der Waals surface area contributed by atoms with Gasteiger partial charge in [0.2, 0.25) is 5.91 Å². The molecule has 1 saturated heterocycles. The predicted octanol–water partition coefficient (Wildman–Crippen LogP) is 3.83. The number of carbonyl (C=O) groups excluding carboxylic acids is 1. The zero-order valence-corrected chi connectivity index (χ0v) is 14.8. The van der Waals surface area contributed by atoms with Crippen molar-refractivity contribution in [2.45, 2.75) is 38.6 Å². The van der Waals surface area contributed by atoms with Crippen LogP contribution in [0, 0.1) is 5.92 Å². The Morgan fingerprint density at radius 3 is 2.81 bits per heavy atom. The molecule has 0 aliphatic carbocycles. The molecule has 0 radical (unpaired) electrons. The molecular weight excluding hydrogens is 352 g/mol. The van der Waals surface area contributed by atoms with Gasteiger partial charge < -0.3 is 10.6 Å².